The molecule has 1 fully saturated rings. The number of hydrogen-bond donors (Lipinski definition) is 1. The minimum absolute atomic E-state index is 0.0648. The van der Waals surface area contributed by atoms with Crippen molar-refractivity contribution in [2.45, 2.75) is 38.9 Å². The Morgan fingerprint density at radius 2 is 2.12 bits per heavy atom. The number of hydrogen-bond acceptors (Lipinski definition) is 2. The third-order valence-corrected chi connectivity index (χ3v) is 3.21. The van der Waals surface area contributed by atoms with Gasteiger partial charge in [0, 0.05) is 20.0 Å². The van der Waals surface area contributed by atoms with E-state index in [1.165, 1.54) is 18.4 Å². The highest BCUT2D eigenvalue weighted by Gasteiger charge is 2.22. The van der Waals surface area contributed by atoms with Gasteiger partial charge in [-0.05, 0) is 24.8 Å². The van der Waals surface area contributed by atoms with Crippen molar-refractivity contribution in [1.29, 1.82) is 0 Å². The lowest BCUT2D eigenvalue weighted by molar-refractivity contribution is -0.121. The van der Waals surface area contributed by atoms with Gasteiger partial charge in [-0.3, -0.25) is 9.69 Å². The second-order valence-corrected chi connectivity index (χ2v) is 4.67. The van der Waals surface area contributed by atoms with Crippen LogP contribution in [0.25, 0.3) is 0 Å². The first kappa shape index (κ1) is 12.1. The summed E-state index contributed by atoms with van der Waals surface area (Å²) in [6, 6.07) is 10.4. The van der Waals surface area contributed by atoms with Crippen molar-refractivity contribution in [1.82, 2.24) is 10.2 Å². The first-order chi connectivity index (χ1) is 8.25. The van der Waals surface area contributed by atoms with E-state index in [1.807, 2.05) is 6.07 Å². The number of rotatable bonds is 3. The van der Waals surface area contributed by atoms with Crippen molar-refractivity contribution < 1.29 is 4.79 Å². The van der Waals surface area contributed by atoms with E-state index in [-0.39, 0.29) is 12.1 Å². The van der Waals surface area contributed by atoms with Gasteiger partial charge in [0.25, 0.3) is 0 Å². The van der Waals surface area contributed by atoms with Crippen LogP contribution in [-0.2, 0) is 11.3 Å². The van der Waals surface area contributed by atoms with Crippen molar-refractivity contribution in [3.63, 3.8) is 0 Å². The Morgan fingerprint density at radius 1 is 1.35 bits per heavy atom. The molecule has 3 heteroatoms. The number of carbonyl (C=O) groups excluding carboxylic acids is 1. The van der Waals surface area contributed by atoms with Crippen LogP contribution in [-0.4, -0.2) is 23.5 Å². The second kappa shape index (κ2) is 5.82. The topological polar surface area (TPSA) is 32.3 Å². The number of amides is 1. The monoisotopic (exact) mass is 232 g/mol. The van der Waals surface area contributed by atoms with E-state index in [0.717, 1.165) is 19.5 Å². The fourth-order valence-corrected chi connectivity index (χ4v) is 2.40. The van der Waals surface area contributed by atoms with Crippen LogP contribution < -0.4 is 5.32 Å². The highest BCUT2D eigenvalue weighted by atomic mass is 16.1. The third kappa shape index (κ3) is 3.56. The summed E-state index contributed by atoms with van der Waals surface area (Å²) in [4.78, 5) is 13.5. The van der Waals surface area contributed by atoms with E-state index in [4.69, 9.17) is 0 Å². The van der Waals surface area contributed by atoms with Crippen molar-refractivity contribution in [3.05, 3.63) is 35.9 Å². The molecule has 3 nitrogen and oxygen atoms in total. The predicted molar refractivity (Wildman–Crippen MR) is 68.3 cm³/mol. The Hall–Kier alpha value is -1.35. The SMILES string of the molecule is CC(=O)NC1CCCCN1Cc1ccccc1. The summed E-state index contributed by atoms with van der Waals surface area (Å²) in [5.41, 5.74) is 1.31. The van der Waals surface area contributed by atoms with Crippen LogP contribution in [0, 0.1) is 0 Å². The second-order valence-electron chi connectivity index (χ2n) is 4.67. The minimum atomic E-state index is 0.0648. The van der Waals surface area contributed by atoms with Gasteiger partial charge in [-0.25, -0.2) is 0 Å². The zero-order valence-corrected chi connectivity index (χ0v) is 10.4. The number of carbonyl (C=O) groups is 1. The zero-order valence-electron chi connectivity index (χ0n) is 10.4. The molecule has 0 aliphatic carbocycles. The molecule has 1 amide bonds. The van der Waals surface area contributed by atoms with E-state index >= 15 is 0 Å². The Labute approximate surface area is 103 Å². The molecule has 1 aromatic carbocycles. The van der Waals surface area contributed by atoms with Crippen LogP contribution in [0.5, 0.6) is 0 Å². The molecular formula is C14H20N2O. The molecule has 0 spiro atoms. The lowest BCUT2D eigenvalue weighted by Gasteiger charge is -2.35. The molecule has 1 unspecified atom stereocenters. The number of piperidine rings is 1. The van der Waals surface area contributed by atoms with Gasteiger partial charge in [0.05, 0.1) is 6.17 Å². The van der Waals surface area contributed by atoms with Crippen LogP contribution in [0.15, 0.2) is 30.3 Å². The summed E-state index contributed by atoms with van der Waals surface area (Å²) in [5.74, 6) is 0.0648. The molecule has 1 saturated heterocycles. The first-order valence-corrected chi connectivity index (χ1v) is 6.31. The van der Waals surface area contributed by atoms with Gasteiger partial charge in [-0.15, -0.1) is 0 Å². The largest absolute Gasteiger partial charge is 0.341 e. The molecule has 0 aromatic heterocycles. The fraction of sp³-hybridized carbons (Fsp3) is 0.500. The van der Waals surface area contributed by atoms with Gasteiger partial charge >= 0.3 is 0 Å². The van der Waals surface area contributed by atoms with Crippen LogP contribution in [0.3, 0.4) is 0 Å². The average molecular weight is 232 g/mol. The molecule has 0 bridgehead atoms. The van der Waals surface area contributed by atoms with Crippen molar-refractivity contribution in [2.75, 3.05) is 6.54 Å². The van der Waals surface area contributed by atoms with Gasteiger partial charge in [-0.1, -0.05) is 30.3 Å². The Morgan fingerprint density at radius 3 is 2.82 bits per heavy atom. The standard InChI is InChI=1S/C14H20N2O/c1-12(17)15-14-9-5-6-10-16(14)11-13-7-3-2-4-8-13/h2-4,7-8,14H,5-6,9-11H2,1H3,(H,15,17). The van der Waals surface area contributed by atoms with Crippen LogP contribution >= 0.6 is 0 Å². The summed E-state index contributed by atoms with van der Waals surface area (Å²) < 4.78 is 0. The van der Waals surface area contributed by atoms with Gasteiger partial charge < -0.3 is 5.32 Å². The fourth-order valence-electron chi connectivity index (χ4n) is 2.40. The maximum Gasteiger partial charge on any atom is 0.218 e. The van der Waals surface area contributed by atoms with Gasteiger partial charge in [0.2, 0.25) is 5.91 Å². The van der Waals surface area contributed by atoms with Crippen LogP contribution in [0.4, 0.5) is 0 Å². The van der Waals surface area contributed by atoms with E-state index in [2.05, 4.69) is 34.5 Å². The quantitative estimate of drug-likeness (QED) is 0.866. The van der Waals surface area contributed by atoms with Crippen molar-refractivity contribution >= 4 is 5.91 Å². The predicted octanol–water partition coefficient (Wildman–Crippen LogP) is 2.13. The molecular weight excluding hydrogens is 212 g/mol. The van der Waals surface area contributed by atoms with Crippen LogP contribution in [0.1, 0.15) is 31.7 Å². The number of nitrogens with one attached hydrogen (secondary N) is 1. The maximum absolute atomic E-state index is 11.2. The summed E-state index contributed by atoms with van der Waals surface area (Å²) in [6.45, 7) is 3.58. The maximum atomic E-state index is 11.2. The van der Waals surface area contributed by atoms with E-state index in [1.54, 1.807) is 6.92 Å². The normalized spacial score (nSPS) is 21.1. The smallest absolute Gasteiger partial charge is 0.218 e. The summed E-state index contributed by atoms with van der Waals surface area (Å²) in [5, 5.41) is 3.04. The Balaban J connectivity index is 1.99. The molecule has 1 aliphatic heterocycles. The molecule has 1 heterocycles. The summed E-state index contributed by atoms with van der Waals surface area (Å²) in [7, 11) is 0. The van der Waals surface area contributed by atoms with Crippen molar-refractivity contribution in [3.8, 4) is 0 Å². The van der Waals surface area contributed by atoms with E-state index in [9.17, 15) is 4.79 Å². The number of likely N-dealkylation sites (tertiary alicyclic amines) is 1. The molecule has 2 rings (SSSR count). The molecule has 0 saturated carbocycles. The number of nitrogens with zero attached hydrogens (tertiary/aromatic N) is 1. The average Bonchev–Trinajstić information content (AvgIpc) is 2.32. The third-order valence-electron chi connectivity index (χ3n) is 3.21. The van der Waals surface area contributed by atoms with Crippen molar-refractivity contribution in [2.24, 2.45) is 0 Å². The van der Waals surface area contributed by atoms with E-state index < -0.39 is 0 Å². The van der Waals surface area contributed by atoms with Gasteiger partial charge in [0.15, 0.2) is 0 Å². The lowest BCUT2D eigenvalue weighted by atomic mass is 10.1. The zero-order chi connectivity index (χ0) is 12.1. The molecule has 1 aromatic rings. The van der Waals surface area contributed by atoms with E-state index in [0.29, 0.717) is 0 Å². The molecule has 1 N–H and O–H groups in total. The van der Waals surface area contributed by atoms with Gasteiger partial charge in [0.1, 0.15) is 0 Å². The molecule has 92 valence electrons. The summed E-state index contributed by atoms with van der Waals surface area (Å²) >= 11 is 0. The first-order valence-electron chi connectivity index (χ1n) is 6.31. The highest BCUT2D eigenvalue weighted by molar-refractivity contribution is 5.73. The Kier molecular flexibility index (Phi) is 4.15. The number of benzene rings is 1. The summed E-state index contributed by atoms with van der Waals surface area (Å²) in [6.07, 6.45) is 3.70. The lowest BCUT2D eigenvalue weighted by Crippen LogP contribution is -2.49. The van der Waals surface area contributed by atoms with Gasteiger partial charge in [-0.2, -0.15) is 0 Å². The molecule has 0 radical (unpaired) electrons. The minimum Gasteiger partial charge on any atom is -0.341 e. The molecule has 17 heavy (non-hydrogen) atoms. The highest BCUT2D eigenvalue weighted by Crippen LogP contribution is 2.17. The van der Waals surface area contributed by atoms with Crippen LogP contribution in [0.2, 0.25) is 0 Å². The molecule has 1 atom stereocenters. The Bertz CT molecular complexity index is 364. The molecule has 1 aliphatic rings.